The van der Waals surface area contributed by atoms with Crippen molar-refractivity contribution in [1.82, 2.24) is 10.2 Å². The largest absolute Gasteiger partial charge is 0.352 e. The maximum Gasteiger partial charge on any atom is 0.242 e. The van der Waals surface area contributed by atoms with Gasteiger partial charge in [-0.15, -0.1) is 0 Å². The normalized spacial score (nSPS) is 14.9. The van der Waals surface area contributed by atoms with E-state index in [1.165, 1.54) is 10.6 Å². The molecule has 7 nitrogen and oxygen atoms in total. The molecule has 196 valence electrons. The quantitative estimate of drug-likeness (QED) is 0.485. The van der Waals surface area contributed by atoms with Gasteiger partial charge in [0.25, 0.3) is 0 Å². The van der Waals surface area contributed by atoms with Crippen LogP contribution in [0.25, 0.3) is 0 Å². The fourth-order valence-corrected chi connectivity index (χ4v) is 5.61. The SMILES string of the molecule is Cc1ccc(CN(C(=O)CCCN(c2cccc(C)c2)S(C)(=O)=O)[C@@H](C)C(=O)NC2CCCC2)cc1. The number of hydrogen-bond donors (Lipinski definition) is 1. The minimum Gasteiger partial charge on any atom is -0.352 e. The monoisotopic (exact) mass is 513 g/mol. The highest BCUT2D eigenvalue weighted by atomic mass is 32.2. The number of amides is 2. The van der Waals surface area contributed by atoms with Crippen LogP contribution >= 0.6 is 0 Å². The summed E-state index contributed by atoms with van der Waals surface area (Å²) in [6.45, 7) is 6.20. The number of sulfonamides is 1. The van der Waals surface area contributed by atoms with Crippen LogP contribution in [-0.4, -0.2) is 50.0 Å². The van der Waals surface area contributed by atoms with Crippen molar-refractivity contribution >= 4 is 27.5 Å². The van der Waals surface area contributed by atoms with Crippen molar-refractivity contribution in [1.29, 1.82) is 0 Å². The highest BCUT2D eigenvalue weighted by Crippen LogP contribution is 2.21. The molecule has 1 atom stereocenters. The predicted molar refractivity (Wildman–Crippen MR) is 144 cm³/mol. The smallest absolute Gasteiger partial charge is 0.242 e. The maximum absolute atomic E-state index is 13.4. The van der Waals surface area contributed by atoms with Gasteiger partial charge in [0, 0.05) is 25.6 Å². The fourth-order valence-electron chi connectivity index (χ4n) is 4.65. The van der Waals surface area contributed by atoms with E-state index in [1.807, 2.05) is 56.3 Å². The van der Waals surface area contributed by atoms with Crippen LogP contribution in [0.2, 0.25) is 0 Å². The molecule has 0 bridgehead atoms. The summed E-state index contributed by atoms with van der Waals surface area (Å²) < 4.78 is 26.3. The molecule has 2 aromatic carbocycles. The van der Waals surface area contributed by atoms with E-state index in [0.29, 0.717) is 18.7 Å². The molecule has 0 unspecified atom stereocenters. The lowest BCUT2D eigenvalue weighted by molar-refractivity contribution is -0.141. The predicted octanol–water partition coefficient (Wildman–Crippen LogP) is 4.33. The van der Waals surface area contributed by atoms with Gasteiger partial charge in [-0.3, -0.25) is 13.9 Å². The molecule has 2 amide bonds. The van der Waals surface area contributed by atoms with Crippen molar-refractivity contribution in [3.05, 3.63) is 65.2 Å². The van der Waals surface area contributed by atoms with Crippen LogP contribution in [0, 0.1) is 13.8 Å². The summed E-state index contributed by atoms with van der Waals surface area (Å²) in [7, 11) is -3.50. The van der Waals surface area contributed by atoms with Gasteiger partial charge in [-0.1, -0.05) is 54.8 Å². The fraction of sp³-hybridized carbons (Fsp3) is 0.500. The molecule has 1 N–H and O–H groups in total. The molecule has 0 heterocycles. The number of nitrogens with zero attached hydrogens (tertiary/aromatic N) is 2. The van der Waals surface area contributed by atoms with Crippen molar-refractivity contribution in [2.75, 3.05) is 17.1 Å². The molecule has 36 heavy (non-hydrogen) atoms. The third-order valence-electron chi connectivity index (χ3n) is 6.78. The number of benzene rings is 2. The lowest BCUT2D eigenvalue weighted by Gasteiger charge is -2.30. The lowest BCUT2D eigenvalue weighted by atomic mass is 10.1. The Labute approximate surface area is 215 Å². The minimum atomic E-state index is -3.50. The van der Waals surface area contributed by atoms with Gasteiger partial charge in [-0.05, 0) is 63.3 Å². The van der Waals surface area contributed by atoms with Crippen LogP contribution in [0.15, 0.2) is 48.5 Å². The summed E-state index contributed by atoms with van der Waals surface area (Å²) in [4.78, 5) is 28.0. The number of carbonyl (C=O) groups excluding carboxylic acids is 2. The molecular weight excluding hydrogens is 474 g/mol. The molecule has 3 rings (SSSR count). The maximum atomic E-state index is 13.4. The Hall–Kier alpha value is -2.87. The molecule has 1 saturated carbocycles. The second kappa shape index (κ2) is 12.4. The minimum absolute atomic E-state index is 0.139. The molecule has 0 aromatic heterocycles. The number of nitrogens with one attached hydrogen (secondary N) is 1. The Bertz CT molecular complexity index is 1140. The van der Waals surface area contributed by atoms with E-state index in [1.54, 1.807) is 17.9 Å². The number of carbonyl (C=O) groups is 2. The van der Waals surface area contributed by atoms with E-state index in [-0.39, 0.29) is 30.8 Å². The lowest BCUT2D eigenvalue weighted by Crippen LogP contribution is -2.49. The molecule has 0 spiro atoms. The summed E-state index contributed by atoms with van der Waals surface area (Å²) in [5.41, 5.74) is 3.63. The molecule has 1 aliphatic carbocycles. The summed E-state index contributed by atoms with van der Waals surface area (Å²) in [5.74, 6) is -0.303. The third kappa shape index (κ3) is 7.82. The summed E-state index contributed by atoms with van der Waals surface area (Å²) in [6.07, 6.45) is 5.85. The van der Waals surface area contributed by atoms with E-state index in [4.69, 9.17) is 0 Å². The first-order valence-electron chi connectivity index (χ1n) is 12.7. The first-order valence-corrected chi connectivity index (χ1v) is 14.6. The zero-order chi connectivity index (χ0) is 26.3. The van der Waals surface area contributed by atoms with Gasteiger partial charge in [-0.2, -0.15) is 0 Å². The van der Waals surface area contributed by atoms with Crippen molar-refractivity contribution in [2.45, 2.75) is 77.9 Å². The summed E-state index contributed by atoms with van der Waals surface area (Å²) in [5, 5.41) is 3.11. The second-order valence-electron chi connectivity index (χ2n) is 9.95. The Kier molecular flexibility index (Phi) is 9.54. The highest BCUT2D eigenvalue weighted by molar-refractivity contribution is 7.92. The van der Waals surface area contributed by atoms with E-state index >= 15 is 0 Å². The standard InChI is InChI=1S/C28H39N3O4S/c1-21-14-16-24(17-15-21)20-30(23(3)28(33)29-25-10-5-6-11-25)27(32)13-8-18-31(36(4,34)35)26-12-7-9-22(2)19-26/h7,9,12,14-17,19,23,25H,5-6,8,10-11,13,18,20H2,1-4H3,(H,29,33)/t23-/m0/s1. The second-order valence-corrected chi connectivity index (χ2v) is 11.9. The number of aryl methyl sites for hydroxylation is 2. The molecule has 2 aromatic rings. The van der Waals surface area contributed by atoms with Crippen molar-refractivity contribution in [2.24, 2.45) is 0 Å². The average Bonchev–Trinajstić information content (AvgIpc) is 3.33. The van der Waals surface area contributed by atoms with Gasteiger partial charge in [0.05, 0.1) is 11.9 Å². The highest BCUT2D eigenvalue weighted by Gasteiger charge is 2.28. The van der Waals surface area contributed by atoms with Gasteiger partial charge in [-0.25, -0.2) is 8.42 Å². The summed E-state index contributed by atoms with van der Waals surface area (Å²) >= 11 is 0. The Balaban J connectivity index is 1.71. The van der Waals surface area contributed by atoms with Crippen molar-refractivity contribution < 1.29 is 18.0 Å². The van der Waals surface area contributed by atoms with Gasteiger partial charge in [0.15, 0.2) is 0 Å². The molecule has 1 aliphatic rings. The molecule has 0 radical (unpaired) electrons. The van der Waals surface area contributed by atoms with Crippen LogP contribution in [-0.2, 0) is 26.2 Å². The van der Waals surface area contributed by atoms with Crippen molar-refractivity contribution in [3.63, 3.8) is 0 Å². The van der Waals surface area contributed by atoms with Crippen LogP contribution in [0.1, 0.15) is 62.1 Å². The van der Waals surface area contributed by atoms with Crippen LogP contribution in [0.5, 0.6) is 0 Å². The first-order chi connectivity index (χ1) is 17.0. The average molecular weight is 514 g/mol. The Morgan fingerprint density at radius 2 is 1.69 bits per heavy atom. The van der Waals surface area contributed by atoms with E-state index in [9.17, 15) is 18.0 Å². The first kappa shape index (κ1) is 27.7. The summed E-state index contributed by atoms with van der Waals surface area (Å²) in [6, 6.07) is 14.8. The van der Waals surface area contributed by atoms with Crippen LogP contribution < -0.4 is 9.62 Å². The topological polar surface area (TPSA) is 86.8 Å². The zero-order valence-electron chi connectivity index (χ0n) is 21.9. The van der Waals surface area contributed by atoms with E-state index < -0.39 is 16.1 Å². The van der Waals surface area contributed by atoms with Crippen LogP contribution in [0.4, 0.5) is 5.69 Å². The Morgan fingerprint density at radius 3 is 2.31 bits per heavy atom. The van der Waals surface area contributed by atoms with E-state index in [0.717, 1.165) is 42.4 Å². The van der Waals surface area contributed by atoms with Gasteiger partial charge in [0.1, 0.15) is 6.04 Å². The van der Waals surface area contributed by atoms with Gasteiger partial charge < -0.3 is 10.2 Å². The Morgan fingerprint density at radius 1 is 1.03 bits per heavy atom. The number of rotatable bonds is 11. The zero-order valence-corrected chi connectivity index (χ0v) is 22.7. The molecule has 8 heteroatoms. The molecule has 0 saturated heterocycles. The van der Waals surface area contributed by atoms with Gasteiger partial charge >= 0.3 is 0 Å². The number of hydrogen-bond acceptors (Lipinski definition) is 4. The third-order valence-corrected chi connectivity index (χ3v) is 7.98. The van der Waals surface area contributed by atoms with E-state index in [2.05, 4.69) is 5.32 Å². The molecule has 1 fully saturated rings. The molecule has 0 aliphatic heterocycles. The molecular formula is C28H39N3O4S. The van der Waals surface area contributed by atoms with Gasteiger partial charge in [0.2, 0.25) is 21.8 Å². The number of anilines is 1. The van der Waals surface area contributed by atoms with Crippen molar-refractivity contribution in [3.8, 4) is 0 Å². The van der Waals surface area contributed by atoms with Crippen LogP contribution in [0.3, 0.4) is 0 Å².